The number of aliphatic hydroxyl groups excluding tert-OH is 1. The molecule has 0 aliphatic carbocycles. The maximum Gasteiger partial charge on any atom is 0.123 e. The molecule has 2 unspecified atom stereocenters. The minimum absolute atomic E-state index is 0.134. The van der Waals surface area contributed by atoms with Crippen molar-refractivity contribution in [3.05, 3.63) is 35.6 Å². The number of benzene rings is 1. The van der Waals surface area contributed by atoms with Gasteiger partial charge in [-0.1, -0.05) is 18.1 Å². The van der Waals surface area contributed by atoms with Gasteiger partial charge in [0, 0.05) is 5.92 Å². The van der Waals surface area contributed by atoms with Crippen molar-refractivity contribution in [2.45, 2.75) is 20.0 Å². The Kier molecular flexibility index (Phi) is 3.67. The van der Waals surface area contributed by atoms with Gasteiger partial charge < -0.3 is 5.11 Å². The second kappa shape index (κ2) is 4.78. The van der Waals surface area contributed by atoms with Gasteiger partial charge in [0.15, 0.2) is 0 Å². The van der Waals surface area contributed by atoms with E-state index in [2.05, 4.69) is 11.8 Å². The second-order valence-corrected chi connectivity index (χ2v) is 3.18. The number of hydrogen-bond acceptors (Lipinski definition) is 1. The highest BCUT2D eigenvalue weighted by Gasteiger charge is 2.13. The highest BCUT2D eigenvalue weighted by Crippen LogP contribution is 2.21. The van der Waals surface area contributed by atoms with Gasteiger partial charge >= 0.3 is 0 Å². The maximum absolute atomic E-state index is 12.6. The first-order valence-corrected chi connectivity index (χ1v) is 4.51. The van der Waals surface area contributed by atoms with E-state index in [0.717, 1.165) is 0 Å². The number of aliphatic hydroxyl groups is 1. The molecule has 0 amide bonds. The Morgan fingerprint density at radius 3 is 2.36 bits per heavy atom. The summed E-state index contributed by atoms with van der Waals surface area (Å²) in [7, 11) is 0. The molecular formula is C12H13FO. The van der Waals surface area contributed by atoms with E-state index in [1.807, 2.05) is 6.92 Å². The predicted molar refractivity (Wildman–Crippen MR) is 54.0 cm³/mol. The fraction of sp³-hybridized carbons (Fsp3) is 0.333. The van der Waals surface area contributed by atoms with Gasteiger partial charge in [-0.3, -0.25) is 0 Å². The molecule has 2 atom stereocenters. The van der Waals surface area contributed by atoms with E-state index in [1.165, 1.54) is 12.1 Å². The SMILES string of the molecule is CC#CC(C)C(O)c1ccc(F)cc1. The van der Waals surface area contributed by atoms with Crippen LogP contribution in [0.3, 0.4) is 0 Å². The number of hydrogen-bond donors (Lipinski definition) is 1. The van der Waals surface area contributed by atoms with Crippen LogP contribution in [-0.2, 0) is 0 Å². The molecular weight excluding hydrogens is 179 g/mol. The normalized spacial score (nSPS) is 14.0. The quantitative estimate of drug-likeness (QED) is 0.714. The molecule has 0 saturated carbocycles. The van der Waals surface area contributed by atoms with E-state index >= 15 is 0 Å². The summed E-state index contributed by atoms with van der Waals surface area (Å²) in [5, 5.41) is 9.79. The van der Waals surface area contributed by atoms with E-state index in [-0.39, 0.29) is 11.7 Å². The van der Waals surface area contributed by atoms with Crippen LogP contribution < -0.4 is 0 Å². The van der Waals surface area contributed by atoms with Crippen LogP contribution in [0.15, 0.2) is 24.3 Å². The minimum Gasteiger partial charge on any atom is -0.387 e. The smallest absolute Gasteiger partial charge is 0.123 e. The molecule has 1 aromatic rings. The van der Waals surface area contributed by atoms with E-state index < -0.39 is 6.10 Å². The van der Waals surface area contributed by atoms with Gasteiger partial charge in [0.05, 0.1) is 6.10 Å². The lowest BCUT2D eigenvalue weighted by Gasteiger charge is -2.13. The minimum atomic E-state index is -0.650. The predicted octanol–water partition coefficient (Wildman–Crippen LogP) is 2.52. The Labute approximate surface area is 83.6 Å². The van der Waals surface area contributed by atoms with Crippen molar-refractivity contribution in [3.8, 4) is 11.8 Å². The Bertz CT molecular complexity index is 345. The first kappa shape index (κ1) is 10.7. The molecule has 0 aliphatic rings. The summed E-state index contributed by atoms with van der Waals surface area (Å²) in [5.41, 5.74) is 0.696. The molecule has 0 aliphatic heterocycles. The third-order valence-corrected chi connectivity index (χ3v) is 2.06. The van der Waals surface area contributed by atoms with Crippen LogP contribution >= 0.6 is 0 Å². The number of halogens is 1. The van der Waals surface area contributed by atoms with Crippen LogP contribution in [0.1, 0.15) is 25.5 Å². The first-order valence-electron chi connectivity index (χ1n) is 4.51. The molecule has 0 heterocycles. The van der Waals surface area contributed by atoms with Crippen LogP contribution in [0.25, 0.3) is 0 Å². The zero-order valence-electron chi connectivity index (χ0n) is 8.29. The van der Waals surface area contributed by atoms with Crippen molar-refractivity contribution in [2.75, 3.05) is 0 Å². The Morgan fingerprint density at radius 1 is 1.29 bits per heavy atom. The molecule has 1 N–H and O–H groups in total. The topological polar surface area (TPSA) is 20.2 Å². The summed E-state index contributed by atoms with van der Waals surface area (Å²) in [6.07, 6.45) is -0.650. The largest absolute Gasteiger partial charge is 0.387 e. The highest BCUT2D eigenvalue weighted by atomic mass is 19.1. The van der Waals surface area contributed by atoms with E-state index in [4.69, 9.17) is 0 Å². The molecule has 0 spiro atoms. The summed E-state index contributed by atoms with van der Waals surface area (Å²) in [6.45, 7) is 3.57. The van der Waals surface area contributed by atoms with E-state index in [9.17, 15) is 9.50 Å². The monoisotopic (exact) mass is 192 g/mol. The van der Waals surface area contributed by atoms with Gasteiger partial charge in [0.25, 0.3) is 0 Å². The molecule has 0 radical (unpaired) electrons. The van der Waals surface area contributed by atoms with Gasteiger partial charge in [-0.05, 0) is 31.5 Å². The van der Waals surface area contributed by atoms with Crippen LogP contribution in [-0.4, -0.2) is 5.11 Å². The average Bonchev–Trinajstić information content (AvgIpc) is 2.18. The van der Waals surface area contributed by atoms with Gasteiger partial charge in [-0.15, -0.1) is 5.92 Å². The molecule has 1 aromatic carbocycles. The molecule has 2 heteroatoms. The molecule has 14 heavy (non-hydrogen) atoms. The summed E-state index contributed by atoms with van der Waals surface area (Å²) in [4.78, 5) is 0. The van der Waals surface area contributed by atoms with Crippen LogP contribution in [0.5, 0.6) is 0 Å². The average molecular weight is 192 g/mol. The second-order valence-electron chi connectivity index (χ2n) is 3.18. The van der Waals surface area contributed by atoms with Crippen molar-refractivity contribution < 1.29 is 9.50 Å². The number of rotatable bonds is 2. The summed E-state index contributed by atoms with van der Waals surface area (Å²) < 4.78 is 12.6. The molecule has 1 rings (SSSR count). The van der Waals surface area contributed by atoms with Crippen molar-refractivity contribution in [1.29, 1.82) is 0 Å². The zero-order valence-corrected chi connectivity index (χ0v) is 8.29. The van der Waals surface area contributed by atoms with Crippen LogP contribution in [0.4, 0.5) is 4.39 Å². The Balaban J connectivity index is 2.82. The van der Waals surface area contributed by atoms with Crippen molar-refractivity contribution >= 4 is 0 Å². The van der Waals surface area contributed by atoms with Gasteiger partial charge in [0.2, 0.25) is 0 Å². The van der Waals surface area contributed by atoms with Crippen molar-refractivity contribution in [1.82, 2.24) is 0 Å². The molecule has 1 nitrogen and oxygen atoms in total. The zero-order chi connectivity index (χ0) is 10.6. The Hall–Kier alpha value is -1.33. The third kappa shape index (κ3) is 2.58. The standard InChI is InChI=1S/C12H13FO/c1-3-4-9(2)12(14)10-5-7-11(13)8-6-10/h5-9,12,14H,1-2H3. The first-order chi connectivity index (χ1) is 6.65. The van der Waals surface area contributed by atoms with Gasteiger partial charge in [-0.25, -0.2) is 4.39 Å². The van der Waals surface area contributed by atoms with Crippen molar-refractivity contribution in [2.24, 2.45) is 5.92 Å². The molecule has 0 saturated heterocycles. The lowest BCUT2D eigenvalue weighted by atomic mass is 9.98. The summed E-state index contributed by atoms with van der Waals surface area (Å²) >= 11 is 0. The fourth-order valence-corrected chi connectivity index (χ4v) is 1.26. The lowest BCUT2D eigenvalue weighted by molar-refractivity contribution is 0.143. The molecule has 74 valence electrons. The van der Waals surface area contributed by atoms with Crippen LogP contribution in [0.2, 0.25) is 0 Å². The van der Waals surface area contributed by atoms with Crippen LogP contribution in [0, 0.1) is 23.6 Å². The highest BCUT2D eigenvalue weighted by molar-refractivity contribution is 5.21. The van der Waals surface area contributed by atoms with Crippen molar-refractivity contribution in [3.63, 3.8) is 0 Å². The maximum atomic E-state index is 12.6. The van der Waals surface area contributed by atoms with Gasteiger partial charge in [-0.2, -0.15) is 0 Å². The molecule has 0 aromatic heterocycles. The third-order valence-electron chi connectivity index (χ3n) is 2.06. The molecule has 0 fully saturated rings. The molecule has 0 bridgehead atoms. The Morgan fingerprint density at radius 2 is 1.86 bits per heavy atom. The summed E-state index contributed by atoms with van der Waals surface area (Å²) in [6, 6.07) is 5.83. The lowest BCUT2D eigenvalue weighted by Crippen LogP contribution is -2.06. The van der Waals surface area contributed by atoms with E-state index in [1.54, 1.807) is 19.1 Å². The van der Waals surface area contributed by atoms with Gasteiger partial charge in [0.1, 0.15) is 5.82 Å². The summed E-state index contributed by atoms with van der Waals surface area (Å²) in [5.74, 6) is 5.18. The van der Waals surface area contributed by atoms with E-state index in [0.29, 0.717) is 5.56 Å². The fourth-order valence-electron chi connectivity index (χ4n) is 1.26.